The Morgan fingerprint density at radius 1 is 1.44 bits per heavy atom. The van der Waals surface area contributed by atoms with E-state index in [0.717, 1.165) is 11.4 Å². The van der Waals surface area contributed by atoms with Crippen LogP contribution in [-0.2, 0) is 9.53 Å². The highest BCUT2D eigenvalue weighted by Gasteiger charge is 2.07. The lowest BCUT2D eigenvalue weighted by molar-refractivity contribution is -0.120. The van der Waals surface area contributed by atoms with Crippen LogP contribution < -0.4 is 5.32 Å². The van der Waals surface area contributed by atoms with Crippen molar-refractivity contribution in [1.29, 1.82) is 0 Å². The van der Waals surface area contributed by atoms with Crippen molar-refractivity contribution in [1.82, 2.24) is 9.55 Å². The summed E-state index contributed by atoms with van der Waals surface area (Å²) in [5.41, 5.74) is 1.61. The molecule has 2 aromatic rings. The van der Waals surface area contributed by atoms with E-state index >= 15 is 0 Å². The molecule has 0 fully saturated rings. The largest absolute Gasteiger partial charge is 0.372 e. The van der Waals surface area contributed by atoms with Gasteiger partial charge in [-0.2, -0.15) is 0 Å². The molecule has 18 heavy (non-hydrogen) atoms. The molecule has 5 heteroatoms. The Morgan fingerprint density at radius 2 is 2.28 bits per heavy atom. The van der Waals surface area contributed by atoms with Crippen LogP contribution in [0.4, 0.5) is 5.69 Å². The third-order valence-corrected chi connectivity index (χ3v) is 2.40. The van der Waals surface area contributed by atoms with Crippen LogP contribution in [0.25, 0.3) is 5.69 Å². The number of nitrogens with one attached hydrogen (secondary N) is 1. The molecule has 0 unspecified atom stereocenters. The standard InChI is InChI=1S/C13H15N3O2/c1-2-18-9-13(17)15-11-5-3-4-6-12(11)16-8-7-14-10-16/h3-8,10H,2,9H2,1H3,(H,15,17). The van der Waals surface area contributed by atoms with Crippen molar-refractivity contribution < 1.29 is 9.53 Å². The van der Waals surface area contributed by atoms with Gasteiger partial charge in [0, 0.05) is 19.0 Å². The second-order valence-corrected chi connectivity index (χ2v) is 3.67. The Bertz CT molecular complexity index is 509. The van der Waals surface area contributed by atoms with Crippen molar-refractivity contribution in [2.24, 2.45) is 0 Å². The number of nitrogens with zero attached hydrogens (tertiary/aromatic N) is 2. The van der Waals surface area contributed by atoms with Gasteiger partial charge in [0.1, 0.15) is 6.61 Å². The fourth-order valence-corrected chi connectivity index (χ4v) is 1.59. The van der Waals surface area contributed by atoms with E-state index in [-0.39, 0.29) is 12.5 Å². The monoisotopic (exact) mass is 245 g/mol. The summed E-state index contributed by atoms with van der Waals surface area (Å²) in [6.45, 7) is 2.44. The van der Waals surface area contributed by atoms with Crippen molar-refractivity contribution in [3.63, 3.8) is 0 Å². The quantitative estimate of drug-likeness (QED) is 0.874. The number of para-hydroxylation sites is 2. The lowest BCUT2D eigenvalue weighted by Gasteiger charge is -2.11. The predicted octanol–water partition coefficient (Wildman–Crippen LogP) is 1.85. The van der Waals surface area contributed by atoms with Crippen molar-refractivity contribution in [2.45, 2.75) is 6.92 Å². The first-order chi connectivity index (χ1) is 8.81. The maximum Gasteiger partial charge on any atom is 0.250 e. The van der Waals surface area contributed by atoms with E-state index in [2.05, 4.69) is 10.3 Å². The summed E-state index contributed by atoms with van der Waals surface area (Å²) in [6, 6.07) is 7.54. The molecule has 1 aromatic carbocycles. The Labute approximate surface area is 105 Å². The van der Waals surface area contributed by atoms with Gasteiger partial charge in [-0.05, 0) is 19.1 Å². The molecule has 1 N–H and O–H groups in total. The van der Waals surface area contributed by atoms with Crippen molar-refractivity contribution in [2.75, 3.05) is 18.5 Å². The number of hydrogen-bond donors (Lipinski definition) is 1. The Kier molecular flexibility index (Phi) is 4.09. The number of aromatic nitrogens is 2. The number of carbonyl (C=O) groups excluding carboxylic acids is 1. The van der Waals surface area contributed by atoms with Gasteiger partial charge in [0.25, 0.3) is 0 Å². The minimum atomic E-state index is -0.163. The summed E-state index contributed by atoms with van der Waals surface area (Å²) in [5, 5.41) is 2.82. The molecule has 0 saturated carbocycles. The van der Waals surface area contributed by atoms with Gasteiger partial charge >= 0.3 is 0 Å². The van der Waals surface area contributed by atoms with Gasteiger partial charge in [-0.1, -0.05) is 12.1 Å². The Balaban J connectivity index is 2.16. The smallest absolute Gasteiger partial charge is 0.250 e. The van der Waals surface area contributed by atoms with Crippen LogP contribution in [0.2, 0.25) is 0 Å². The number of anilines is 1. The van der Waals surface area contributed by atoms with Gasteiger partial charge in [0.15, 0.2) is 0 Å². The minimum absolute atomic E-state index is 0.0642. The van der Waals surface area contributed by atoms with Crippen LogP contribution in [0, 0.1) is 0 Å². The lowest BCUT2D eigenvalue weighted by Crippen LogP contribution is -2.19. The average Bonchev–Trinajstić information content (AvgIpc) is 2.91. The number of amides is 1. The van der Waals surface area contributed by atoms with Gasteiger partial charge in [-0.3, -0.25) is 4.79 Å². The van der Waals surface area contributed by atoms with Crippen LogP contribution >= 0.6 is 0 Å². The maximum absolute atomic E-state index is 11.6. The molecular weight excluding hydrogens is 230 g/mol. The highest BCUT2D eigenvalue weighted by atomic mass is 16.5. The first kappa shape index (κ1) is 12.3. The fourth-order valence-electron chi connectivity index (χ4n) is 1.59. The molecule has 5 nitrogen and oxygen atoms in total. The molecule has 1 heterocycles. The van der Waals surface area contributed by atoms with E-state index in [1.807, 2.05) is 42.0 Å². The highest BCUT2D eigenvalue weighted by molar-refractivity contribution is 5.93. The second-order valence-electron chi connectivity index (χ2n) is 3.67. The average molecular weight is 245 g/mol. The van der Waals surface area contributed by atoms with Gasteiger partial charge in [-0.15, -0.1) is 0 Å². The van der Waals surface area contributed by atoms with Crippen LogP contribution in [0.1, 0.15) is 6.92 Å². The van der Waals surface area contributed by atoms with E-state index in [0.29, 0.717) is 6.61 Å². The molecular formula is C13H15N3O2. The van der Waals surface area contributed by atoms with Crippen LogP contribution in [-0.4, -0.2) is 28.7 Å². The molecule has 1 aromatic heterocycles. The van der Waals surface area contributed by atoms with E-state index in [1.54, 1.807) is 12.5 Å². The summed E-state index contributed by atoms with van der Waals surface area (Å²) < 4.78 is 6.91. The van der Waals surface area contributed by atoms with Crippen molar-refractivity contribution >= 4 is 11.6 Å². The normalized spacial score (nSPS) is 10.3. The van der Waals surface area contributed by atoms with Crippen LogP contribution in [0.5, 0.6) is 0 Å². The molecule has 0 spiro atoms. The zero-order chi connectivity index (χ0) is 12.8. The van der Waals surface area contributed by atoms with Crippen LogP contribution in [0.3, 0.4) is 0 Å². The highest BCUT2D eigenvalue weighted by Crippen LogP contribution is 2.19. The summed E-state index contributed by atoms with van der Waals surface area (Å²) in [4.78, 5) is 15.6. The third-order valence-electron chi connectivity index (χ3n) is 2.40. The van der Waals surface area contributed by atoms with Gasteiger partial charge in [-0.25, -0.2) is 4.98 Å². The maximum atomic E-state index is 11.6. The first-order valence-electron chi connectivity index (χ1n) is 5.76. The molecule has 2 rings (SSSR count). The molecule has 1 amide bonds. The number of ether oxygens (including phenoxy) is 1. The number of carbonyl (C=O) groups is 1. The third kappa shape index (κ3) is 2.95. The topological polar surface area (TPSA) is 56.1 Å². The molecule has 0 aliphatic rings. The second kappa shape index (κ2) is 5.97. The van der Waals surface area contributed by atoms with Crippen LogP contribution in [0.15, 0.2) is 43.0 Å². The molecule has 94 valence electrons. The van der Waals surface area contributed by atoms with E-state index < -0.39 is 0 Å². The Morgan fingerprint density at radius 3 is 3.00 bits per heavy atom. The Hall–Kier alpha value is -2.14. The molecule has 0 radical (unpaired) electrons. The summed E-state index contributed by atoms with van der Waals surface area (Å²) in [7, 11) is 0. The van der Waals surface area contributed by atoms with E-state index in [4.69, 9.17) is 4.74 Å². The zero-order valence-corrected chi connectivity index (χ0v) is 10.2. The zero-order valence-electron chi connectivity index (χ0n) is 10.2. The van der Waals surface area contributed by atoms with Gasteiger partial charge in [0.2, 0.25) is 5.91 Å². The summed E-state index contributed by atoms with van der Waals surface area (Å²) in [6.07, 6.45) is 5.21. The van der Waals surface area contributed by atoms with Gasteiger partial charge in [0.05, 0.1) is 17.7 Å². The SMILES string of the molecule is CCOCC(=O)Nc1ccccc1-n1ccnc1. The number of rotatable bonds is 5. The lowest BCUT2D eigenvalue weighted by atomic mass is 10.2. The fraction of sp³-hybridized carbons (Fsp3) is 0.231. The molecule has 0 saturated heterocycles. The van der Waals surface area contributed by atoms with Gasteiger partial charge < -0.3 is 14.6 Å². The van der Waals surface area contributed by atoms with E-state index in [9.17, 15) is 4.79 Å². The number of hydrogen-bond acceptors (Lipinski definition) is 3. The predicted molar refractivity (Wildman–Crippen MR) is 68.7 cm³/mol. The van der Waals surface area contributed by atoms with Crippen molar-refractivity contribution in [3.8, 4) is 5.69 Å². The molecule has 0 aliphatic carbocycles. The molecule has 0 atom stereocenters. The van der Waals surface area contributed by atoms with E-state index in [1.165, 1.54) is 0 Å². The number of imidazole rings is 1. The minimum Gasteiger partial charge on any atom is -0.372 e. The number of benzene rings is 1. The summed E-state index contributed by atoms with van der Waals surface area (Å²) >= 11 is 0. The molecule has 0 aliphatic heterocycles. The summed E-state index contributed by atoms with van der Waals surface area (Å²) in [5.74, 6) is -0.163. The first-order valence-corrected chi connectivity index (χ1v) is 5.76. The molecule has 0 bridgehead atoms. The van der Waals surface area contributed by atoms with Crippen molar-refractivity contribution in [3.05, 3.63) is 43.0 Å².